The third-order valence-corrected chi connectivity index (χ3v) is 11.9. The Bertz CT molecular complexity index is 898. The van der Waals surface area contributed by atoms with Gasteiger partial charge < -0.3 is 59.4 Å². The van der Waals surface area contributed by atoms with Crippen molar-refractivity contribution in [3.8, 4) is 0 Å². The minimum Gasteiger partial charge on any atom is -0.550 e. The van der Waals surface area contributed by atoms with Crippen LogP contribution in [0.4, 0.5) is 0 Å². The summed E-state index contributed by atoms with van der Waals surface area (Å²) in [6.45, 7) is 13.1. The van der Waals surface area contributed by atoms with Crippen LogP contribution in [-0.4, -0.2) is 35.8 Å². The van der Waals surface area contributed by atoms with Crippen molar-refractivity contribution in [3.05, 3.63) is 0 Å². The number of carbonyl (C=O) groups excluding carboxylic acids is 6. The van der Waals surface area contributed by atoms with Crippen LogP contribution < -0.4 is 30.6 Å². The molecule has 0 aliphatic rings. The SMILES string of the molecule is CCCCCCCCCC(=O)[O-].CCCCCCCCCC(=O)[O-].CCCCCCCCCC(=O)[O-].CCCCCCCCCC(=O)[O-].CCCCCCCCCC(=O)[O-].CCCCCCCCCC(=O)[O-].[Mn+2].[Mn+2].[Mn+2]. The van der Waals surface area contributed by atoms with Gasteiger partial charge in [-0.3, -0.25) is 0 Å². The van der Waals surface area contributed by atoms with E-state index in [2.05, 4.69) is 41.5 Å². The molecule has 0 N–H and O–H groups in total. The molecule has 0 spiro atoms. The molecule has 0 aromatic rings. The smallest absolute Gasteiger partial charge is 0.550 e. The molecule has 0 aliphatic heterocycles. The molecule has 3 radical (unpaired) electrons. The van der Waals surface area contributed by atoms with E-state index < -0.39 is 35.8 Å². The van der Waals surface area contributed by atoms with E-state index in [1.54, 1.807) is 0 Å². The molecule has 0 aromatic carbocycles. The third-order valence-electron chi connectivity index (χ3n) is 11.9. The molecule has 0 aliphatic carbocycles. The van der Waals surface area contributed by atoms with Crippen LogP contribution in [-0.2, 0) is 80.0 Å². The summed E-state index contributed by atoms with van der Waals surface area (Å²) >= 11 is 0. The Morgan fingerprint density at radius 1 is 0.173 bits per heavy atom. The maximum absolute atomic E-state index is 10.0. The van der Waals surface area contributed by atoms with Gasteiger partial charge in [0.15, 0.2) is 0 Å². The van der Waals surface area contributed by atoms with Crippen LogP contribution in [0.5, 0.6) is 0 Å². The zero-order valence-corrected chi connectivity index (χ0v) is 52.5. The summed E-state index contributed by atoms with van der Waals surface area (Å²) in [6, 6.07) is 0. The van der Waals surface area contributed by atoms with Crippen molar-refractivity contribution >= 4 is 35.8 Å². The Morgan fingerprint density at radius 2 is 0.253 bits per heavy atom. The van der Waals surface area contributed by atoms with Crippen LogP contribution in [0.2, 0.25) is 0 Å². The molecule has 15 heteroatoms. The first kappa shape index (κ1) is 92.7. The molecule has 0 rings (SSSR count). The van der Waals surface area contributed by atoms with Gasteiger partial charge in [-0.2, -0.15) is 0 Å². The molecule has 0 unspecified atom stereocenters. The number of hydrogen-bond acceptors (Lipinski definition) is 12. The van der Waals surface area contributed by atoms with Crippen molar-refractivity contribution in [2.75, 3.05) is 0 Å². The van der Waals surface area contributed by atoms with Crippen molar-refractivity contribution < 1.29 is 111 Å². The molecule has 75 heavy (non-hydrogen) atoms. The van der Waals surface area contributed by atoms with E-state index in [-0.39, 0.29) is 89.7 Å². The van der Waals surface area contributed by atoms with Gasteiger partial charge in [0.1, 0.15) is 0 Å². The molecule has 0 fully saturated rings. The summed E-state index contributed by atoms with van der Waals surface area (Å²) in [4.78, 5) is 60.1. The first-order valence-corrected chi connectivity index (χ1v) is 29.8. The zero-order valence-electron chi connectivity index (χ0n) is 49.0. The van der Waals surface area contributed by atoms with E-state index in [0.717, 1.165) is 77.0 Å². The first-order valence-electron chi connectivity index (χ1n) is 29.8. The van der Waals surface area contributed by atoms with Crippen molar-refractivity contribution in [2.24, 2.45) is 0 Å². The second-order valence-corrected chi connectivity index (χ2v) is 19.5. The zero-order chi connectivity index (χ0) is 55.4. The maximum atomic E-state index is 10.0. The predicted octanol–water partition coefficient (Wildman–Crippen LogP) is 11.3. The molecule has 0 amide bonds. The van der Waals surface area contributed by atoms with Gasteiger partial charge >= 0.3 is 51.2 Å². The fourth-order valence-corrected chi connectivity index (χ4v) is 7.36. The second kappa shape index (κ2) is 89.0. The quantitative estimate of drug-likeness (QED) is 0.0408. The number of aliphatic carboxylic acids is 6. The van der Waals surface area contributed by atoms with Crippen LogP contribution in [0.25, 0.3) is 0 Å². The summed E-state index contributed by atoms with van der Waals surface area (Å²) in [5.41, 5.74) is 0. The van der Waals surface area contributed by atoms with E-state index in [9.17, 15) is 59.4 Å². The third kappa shape index (κ3) is 131. The van der Waals surface area contributed by atoms with Gasteiger partial charge in [-0.25, -0.2) is 0 Å². The summed E-state index contributed by atoms with van der Waals surface area (Å²) in [6.07, 6.45) is 50.1. The normalized spacial score (nSPS) is 9.68. The predicted molar refractivity (Wildman–Crippen MR) is 286 cm³/mol. The van der Waals surface area contributed by atoms with Crippen LogP contribution in [0.3, 0.4) is 0 Å². The van der Waals surface area contributed by atoms with Crippen LogP contribution in [0, 0.1) is 0 Å². The minimum absolute atomic E-state index is 0. The van der Waals surface area contributed by atoms with Crippen LogP contribution in [0.1, 0.15) is 350 Å². The van der Waals surface area contributed by atoms with Crippen LogP contribution in [0.15, 0.2) is 0 Å². The molecule has 0 heterocycles. The molecule has 0 bridgehead atoms. The number of rotatable bonds is 48. The number of hydrogen-bond donors (Lipinski definition) is 0. The molecule has 0 saturated heterocycles. The standard InChI is InChI=1S/6C10H20O2.3Mn/c6*1-2-3-4-5-6-7-8-9-10(11)12;;;/h6*2-9H2,1H3,(H,11,12);;;/q;;;;;;3*+2/p-6. The van der Waals surface area contributed by atoms with E-state index >= 15 is 0 Å². The number of carboxylic acids is 6. The molecule has 0 aromatic heterocycles. The van der Waals surface area contributed by atoms with Crippen molar-refractivity contribution in [1.82, 2.24) is 0 Å². The molecule has 447 valence electrons. The number of carbonyl (C=O) groups is 6. The largest absolute Gasteiger partial charge is 2.00 e. The van der Waals surface area contributed by atoms with E-state index in [1.807, 2.05) is 0 Å². The van der Waals surface area contributed by atoms with Gasteiger partial charge in [0.25, 0.3) is 0 Å². The fourth-order valence-electron chi connectivity index (χ4n) is 7.36. The number of unbranched alkanes of at least 4 members (excludes halogenated alkanes) is 36. The summed E-state index contributed by atoms with van der Waals surface area (Å²) in [7, 11) is 0. The molecular weight excluding hydrogens is 1080 g/mol. The van der Waals surface area contributed by atoms with Crippen LogP contribution >= 0.6 is 0 Å². The average molecular weight is 1190 g/mol. The molecule has 0 atom stereocenters. The molecular formula is C60H114Mn3O12. The van der Waals surface area contributed by atoms with Gasteiger partial charge in [-0.15, -0.1) is 0 Å². The van der Waals surface area contributed by atoms with Gasteiger partial charge in [-0.05, 0) is 77.0 Å². The minimum atomic E-state index is -0.913. The van der Waals surface area contributed by atoms with Crippen molar-refractivity contribution in [2.45, 2.75) is 350 Å². The molecule has 0 saturated carbocycles. The Hall–Kier alpha value is -1.62. The Morgan fingerprint density at radius 3 is 0.333 bits per heavy atom. The summed E-state index contributed by atoms with van der Waals surface area (Å²) < 4.78 is 0. The van der Waals surface area contributed by atoms with Gasteiger partial charge in [-0.1, -0.05) is 273 Å². The van der Waals surface area contributed by atoms with E-state index in [0.29, 0.717) is 0 Å². The summed E-state index contributed by atoms with van der Waals surface area (Å²) in [5.74, 6) is -5.48. The fraction of sp³-hybridized carbons (Fsp3) is 0.900. The number of carboxylic acid groups (broad SMARTS) is 6. The topological polar surface area (TPSA) is 241 Å². The van der Waals surface area contributed by atoms with Gasteiger partial charge in [0, 0.05) is 35.8 Å². The van der Waals surface area contributed by atoms with E-state index in [4.69, 9.17) is 0 Å². The molecule has 12 nitrogen and oxygen atoms in total. The monoisotopic (exact) mass is 1190 g/mol. The Balaban J connectivity index is -0.0000000988. The Kier molecular flexibility index (Phi) is 110. The maximum Gasteiger partial charge on any atom is 2.00 e. The average Bonchev–Trinajstić information content (AvgIpc) is 3.33. The van der Waals surface area contributed by atoms with Gasteiger partial charge in [0.2, 0.25) is 0 Å². The van der Waals surface area contributed by atoms with Crippen molar-refractivity contribution in [1.29, 1.82) is 0 Å². The van der Waals surface area contributed by atoms with Gasteiger partial charge in [0.05, 0.1) is 0 Å². The second-order valence-electron chi connectivity index (χ2n) is 19.5. The summed E-state index contributed by atoms with van der Waals surface area (Å²) in [5, 5.41) is 60.1. The Labute approximate surface area is 493 Å². The van der Waals surface area contributed by atoms with Crippen molar-refractivity contribution in [3.63, 3.8) is 0 Å². The first-order chi connectivity index (χ1) is 34.6. The van der Waals surface area contributed by atoms with E-state index in [1.165, 1.54) is 193 Å².